The van der Waals surface area contributed by atoms with E-state index >= 15 is 0 Å². The van der Waals surface area contributed by atoms with Gasteiger partial charge in [0.15, 0.2) is 5.78 Å². The van der Waals surface area contributed by atoms with Crippen LogP contribution in [0, 0.1) is 12.8 Å². The van der Waals surface area contributed by atoms with Crippen molar-refractivity contribution in [3.8, 4) is 11.1 Å². The molecule has 0 bridgehead atoms. The van der Waals surface area contributed by atoms with E-state index in [1.54, 1.807) is 30.3 Å². The highest BCUT2D eigenvalue weighted by Crippen LogP contribution is 2.48. The Hall–Kier alpha value is -3.87. The van der Waals surface area contributed by atoms with Crippen molar-refractivity contribution in [1.29, 1.82) is 0 Å². The van der Waals surface area contributed by atoms with Crippen LogP contribution in [0.15, 0.2) is 30.6 Å². The minimum absolute atomic E-state index is 0.0363. The molecule has 3 aromatic rings. The monoisotopic (exact) mass is 569 g/mol. The number of halogens is 3. The summed E-state index contributed by atoms with van der Waals surface area (Å²) in [6, 6.07) is 4.39. The van der Waals surface area contributed by atoms with E-state index in [-0.39, 0.29) is 60.9 Å². The van der Waals surface area contributed by atoms with Crippen LogP contribution in [0.1, 0.15) is 42.5 Å². The molecule has 1 N–H and O–H groups in total. The van der Waals surface area contributed by atoms with Crippen LogP contribution in [0.2, 0.25) is 0 Å². The zero-order valence-corrected chi connectivity index (χ0v) is 22.7. The number of alkyl halides is 3. The maximum atomic E-state index is 13.6. The van der Waals surface area contributed by atoms with Crippen LogP contribution < -0.4 is 5.32 Å². The predicted molar refractivity (Wildman–Crippen MR) is 142 cm³/mol. The highest BCUT2D eigenvalue weighted by molar-refractivity contribution is 6.06. The summed E-state index contributed by atoms with van der Waals surface area (Å²) >= 11 is 0. The van der Waals surface area contributed by atoms with Crippen LogP contribution in [-0.2, 0) is 16.1 Å². The second-order valence-corrected chi connectivity index (χ2v) is 11.3. The molecule has 1 aromatic carbocycles. The zero-order valence-electron chi connectivity index (χ0n) is 22.7. The van der Waals surface area contributed by atoms with Crippen LogP contribution in [0.5, 0.6) is 0 Å². The third-order valence-corrected chi connectivity index (χ3v) is 8.20. The Morgan fingerprint density at radius 1 is 1.10 bits per heavy atom. The van der Waals surface area contributed by atoms with Crippen molar-refractivity contribution in [1.82, 2.24) is 34.9 Å². The van der Waals surface area contributed by atoms with Gasteiger partial charge in [-0.3, -0.25) is 24.0 Å². The Balaban J connectivity index is 1.18. The van der Waals surface area contributed by atoms with Gasteiger partial charge in [-0.2, -0.15) is 18.3 Å². The molecular weight excluding hydrogens is 539 g/mol. The number of hydrogen-bond donors (Lipinski definition) is 1. The van der Waals surface area contributed by atoms with Crippen molar-refractivity contribution in [3.63, 3.8) is 0 Å². The fourth-order valence-corrected chi connectivity index (χ4v) is 6.19. The fraction of sp³-hybridized carbons (Fsp3) is 0.500. The summed E-state index contributed by atoms with van der Waals surface area (Å²) in [6.45, 7) is 2.45. The molecule has 2 unspecified atom stereocenters. The van der Waals surface area contributed by atoms with E-state index in [0.29, 0.717) is 29.6 Å². The first-order chi connectivity index (χ1) is 19.5. The minimum Gasteiger partial charge on any atom is -0.350 e. The quantitative estimate of drug-likeness (QED) is 0.436. The number of rotatable bonds is 7. The van der Waals surface area contributed by atoms with Crippen molar-refractivity contribution >= 4 is 28.5 Å². The van der Waals surface area contributed by atoms with Crippen molar-refractivity contribution in [2.75, 3.05) is 19.6 Å². The van der Waals surface area contributed by atoms with Gasteiger partial charge in [0, 0.05) is 55.4 Å². The largest absolute Gasteiger partial charge is 0.401 e. The first-order valence-electron chi connectivity index (χ1n) is 13.7. The summed E-state index contributed by atoms with van der Waals surface area (Å²) in [5, 5.41) is 7.95. The fourth-order valence-electron chi connectivity index (χ4n) is 6.19. The molecule has 4 heterocycles. The van der Waals surface area contributed by atoms with Gasteiger partial charge in [-0.1, -0.05) is 6.07 Å². The molecule has 3 fully saturated rings. The number of piperidine rings is 1. The molecule has 41 heavy (non-hydrogen) atoms. The number of fused-ring (bicyclic) bond motifs is 2. The number of likely N-dealkylation sites (tertiary alicyclic amines) is 2. The molecule has 216 valence electrons. The second kappa shape index (κ2) is 10.2. The highest BCUT2D eigenvalue weighted by Gasteiger charge is 2.56. The van der Waals surface area contributed by atoms with Gasteiger partial charge in [-0.15, -0.1) is 0 Å². The second-order valence-electron chi connectivity index (χ2n) is 11.3. The van der Waals surface area contributed by atoms with Gasteiger partial charge in [0.05, 0.1) is 12.1 Å². The van der Waals surface area contributed by atoms with Gasteiger partial charge in [0.25, 0.3) is 0 Å². The van der Waals surface area contributed by atoms with E-state index in [9.17, 15) is 27.6 Å². The van der Waals surface area contributed by atoms with Crippen molar-refractivity contribution in [2.45, 2.75) is 64.0 Å². The van der Waals surface area contributed by atoms with Crippen molar-refractivity contribution in [3.05, 3.63) is 42.1 Å². The van der Waals surface area contributed by atoms with E-state index in [0.717, 1.165) is 17.5 Å². The maximum Gasteiger partial charge on any atom is 0.401 e. The Kier molecular flexibility index (Phi) is 6.79. The Labute approximate surface area is 233 Å². The Morgan fingerprint density at radius 3 is 2.56 bits per heavy atom. The van der Waals surface area contributed by atoms with E-state index in [4.69, 9.17) is 0 Å². The molecule has 13 heteroatoms. The number of nitrogens with zero attached hydrogens (tertiary/aromatic N) is 6. The smallest absolute Gasteiger partial charge is 0.350 e. The number of carbonyl (C=O) groups is 3. The summed E-state index contributed by atoms with van der Waals surface area (Å²) in [5.74, 6) is 0.0284. The summed E-state index contributed by atoms with van der Waals surface area (Å²) in [4.78, 5) is 50.6. The molecule has 0 spiro atoms. The van der Waals surface area contributed by atoms with Gasteiger partial charge in [-0.25, -0.2) is 9.97 Å². The molecule has 1 aliphatic carbocycles. The zero-order chi connectivity index (χ0) is 29.1. The van der Waals surface area contributed by atoms with Crippen molar-refractivity contribution < 1.29 is 27.6 Å². The van der Waals surface area contributed by atoms with Crippen LogP contribution in [-0.4, -0.2) is 91.1 Å². The Morgan fingerprint density at radius 2 is 1.85 bits per heavy atom. The molecule has 10 nitrogen and oxygen atoms in total. The standard InChI is InChI=1S/C28H30F3N7O3/c1-15(39)26-21-7-17(19-10-32-16(2)33-11-19)3-4-22(21)37(35-26)13-25(40)38-23-8-18(23)9-24(38)27(41)34-20-5-6-36(12-20)14-28(29,30)31/h3-4,7,10-11,18,20,23-24H,5-6,8-9,12-14H2,1-2H3,(H,34,41)/t18-,20?,23?,24+/m1/s1. The molecule has 0 radical (unpaired) electrons. The number of Topliss-reactive ketones (excluding diaryl/α,β-unsaturated/α-hetero) is 1. The molecule has 2 amide bonds. The van der Waals surface area contributed by atoms with E-state index in [1.807, 2.05) is 12.1 Å². The van der Waals surface area contributed by atoms with Gasteiger partial charge < -0.3 is 10.2 Å². The van der Waals surface area contributed by atoms with Gasteiger partial charge in [0.2, 0.25) is 11.8 Å². The lowest BCUT2D eigenvalue weighted by Gasteiger charge is -2.28. The number of carbonyl (C=O) groups excluding carboxylic acids is 3. The minimum atomic E-state index is -4.29. The molecule has 2 aliphatic heterocycles. The predicted octanol–water partition coefficient (Wildman–Crippen LogP) is 2.75. The van der Waals surface area contributed by atoms with E-state index in [2.05, 4.69) is 20.4 Å². The number of ketones is 1. The molecule has 4 atom stereocenters. The lowest BCUT2D eigenvalue weighted by Crippen LogP contribution is -2.51. The average molecular weight is 570 g/mol. The number of hydrogen-bond acceptors (Lipinski definition) is 7. The first kappa shape index (κ1) is 27.3. The molecule has 1 saturated carbocycles. The average Bonchev–Trinajstić information content (AvgIpc) is 3.20. The number of amides is 2. The number of aryl methyl sites for hydroxylation is 1. The third-order valence-electron chi connectivity index (χ3n) is 8.20. The molecule has 2 saturated heterocycles. The van der Waals surface area contributed by atoms with E-state index in [1.165, 1.54) is 16.5 Å². The summed E-state index contributed by atoms with van der Waals surface area (Å²) in [7, 11) is 0. The van der Waals surface area contributed by atoms with Gasteiger partial charge >= 0.3 is 6.18 Å². The maximum absolute atomic E-state index is 13.6. The summed E-state index contributed by atoms with van der Waals surface area (Å²) in [5.41, 5.74) is 2.45. The lowest BCUT2D eigenvalue weighted by molar-refractivity contribution is -0.144. The highest BCUT2D eigenvalue weighted by atomic mass is 19.4. The van der Waals surface area contributed by atoms with Crippen LogP contribution >= 0.6 is 0 Å². The molecular formula is C28H30F3N7O3. The number of aromatic nitrogens is 4. The van der Waals surface area contributed by atoms with Crippen LogP contribution in [0.25, 0.3) is 22.0 Å². The number of nitrogens with one attached hydrogen (secondary N) is 1. The molecule has 6 rings (SSSR count). The molecule has 2 aromatic heterocycles. The van der Waals surface area contributed by atoms with Crippen LogP contribution in [0.3, 0.4) is 0 Å². The number of benzene rings is 1. The molecule has 3 aliphatic rings. The Bertz CT molecular complexity index is 1520. The topological polar surface area (TPSA) is 113 Å². The summed E-state index contributed by atoms with van der Waals surface area (Å²) in [6.07, 6.45) is 0.897. The summed E-state index contributed by atoms with van der Waals surface area (Å²) < 4.78 is 39.8. The van der Waals surface area contributed by atoms with E-state index < -0.39 is 18.8 Å². The van der Waals surface area contributed by atoms with Gasteiger partial charge in [0.1, 0.15) is 24.1 Å². The lowest BCUT2D eigenvalue weighted by atomic mass is 10.0. The SMILES string of the molecule is CC(=O)c1nn(CC(=O)N2C3C[C@@H]3C[C@H]2C(=O)NC2CCN(CC(F)(F)F)C2)c2ccc(-c3cnc(C)nc3)cc12. The first-order valence-corrected chi connectivity index (χ1v) is 13.7. The van der Waals surface area contributed by atoms with Crippen molar-refractivity contribution in [2.24, 2.45) is 5.92 Å². The normalized spacial score (nSPS) is 24.1. The van der Waals surface area contributed by atoms with Gasteiger partial charge in [-0.05, 0) is 49.8 Å². The van der Waals surface area contributed by atoms with Crippen LogP contribution in [0.4, 0.5) is 13.2 Å². The third kappa shape index (κ3) is 5.54.